The Bertz CT molecular complexity index is 1170. The summed E-state index contributed by atoms with van der Waals surface area (Å²) in [5, 5.41) is 14.5. The second-order valence-electron chi connectivity index (χ2n) is 7.99. The molecular formula is C24H24Cl2N4O2. The summed E-state index contributed by atoms with van der Waals surface area (Å²) in [6, 6.07) is 11.2. The van der Waals surface area contributed by atoms with E-state index in [2.05, 4.69) is 28.3 Å². The van der Waals surface area contributed by atoms with E-state index in [9.17, 15) is 5.26 Å². The van der Waals surface area contributed by atoms with Gasteiger partial charge in [0, 0.05) is 23.7 Å². The third-order valence-electron chi connectivity index (χ3n) is 5.79. The second-order valence-corrected chi connectivity index (χ2v) is 8.80. The number of likely N-dealkylation sites (tertiary alicyclic amines) is 1. The molecule has 1 N–H and O–H groups in total. The van der Waals surface area contributed by atoms with Crippen LogP contribution in [0.1, 0.15) is 18.4 Å². The molecule has 0 saturated carbocycles. The van der Waals surface area contributed by atoms with Crippen molar-refractivity contribution in [2.45, 2.75) is 12.8 Å². The van der Waals surface area contributed by atoms with Gasteiger partial charge in [0.2, 0.25) is 0 Å². The smallest absolute Gasteiger partial charge is 0.139 e. The summed E-state index contributed by atoms with van der Waals surface area (Å²) < 4.78 is 11.4. The molecule has 0 bridgehead atoms. The first-order valence-electron chi connectivity index (χ1n) is 10.4. The molecule has 1 aliphatic heterocycles. The molecule has 0 amide bonds. The number of ether oxygens (including phenoxy) is 2. The SMILES string of the molecule is COc1cc(Nc2c(C#N)cnc3cc(OCC4CCN(C)CC4)ccc23)c(Cl)cc1Cl. The molecule has 3 aromatic rings. The first kappa shape index (κ1) is 22.5. The number of methoxy groups -OCH3 is 1. The fraction of sp³-hybridized carbons (Fsp3) is 0.333. The molecule has 8 heteroatoms. The van der Waals surface area contributed by atoms with Crippen LogP contribution in [-0.2, 0) is 0 Å². The summed E-state index contributed by atoms with van der Waals surface area (Å²) in [4.78, 5) is 6.81. The average Bonchev–Trinajstić information content (AvgIpc) is 2.80. The molecule has 0 spiro atoms. The maximum absolute atomic E-state index is 9.63. The first-order valence-corrected chi connectivity index (χ1v) is 11.2. The first-order chi connectivity index (χ1) is 15.5. The highest BCUT2D eigenvalue weighted by atomic mass is 35.5. The molecule has 1 fully saturated rings. The fourth-order valence-corrected chi connectivity index (χ4v) is 4.35. The van der Waals surface area contributed by atoms with Crippen LogP contribution >= 0.6 is 23.2 Å². The highest BCUT2D eigenvalue weighted by molar-refractivity contribution is 6.37. The Balaban J connectivity index is 1.61. The van der Waals surface area contributed by atoms with Crippen molar-refractivity contribution in [2.24, 2.45) is 5.92 Å². The molecule has 0 unspecified atom stereocenters. The number of pyridine rings is 1. The van der Waals surface area contributed by atoms with Crippen LogP contribution in [-0.4, -0.2) is 43.7 Å². The van der Waals surface area contributed by atoms with Crippen LogP contribution in [0.4, 0.5) is 11.4 Å². The molecule has 1 saturated heterocycles. The normalized spacial score (nSPS) is 14.8. The van der Waals surface area contributed by atoms with Crippen molar-refractivity contribution in [1.82, 2.24) is 9.88 Å². The standard InChI is InChI=1S/C24H24Cl2N4O2/c1-30-7-5-15(6-8-30)14-32-17-3-4-18-21(9-17)28-13-16(12-27)24(18)29-22-11-23(31-2)20(26)10-19(22)25/h3-4,9-11,13,15H,5-8,14H2,1-2H3,(H,28,29). The van der Waals surface area contributed by atoms with Crippen LogP contribution < -0.4 is 14.8 Å². The van der Waals surface area contributed by atoms with Gasteiger partial charge >= 0.3 is 0 Å². The summed E-state index contributed by atoms with van der Waals surface area (Å²) >= 11 is 12.5. The Morgan fingerprint density at radius 3 is 2.69 bits per heavy atom. The monoisotopic (exact) mass is 470 g/mol. The Kier molecular flexibility index (Phi) is 6.90. The van der Waals surface area contributed by atoms with Crippen LogP contribution in [0, 0.1) is 17.2 Å². The summed E-state index contributed by atoms with van der Waals surface area (Å²) in [7, 11) is 3.69. The average molecular weight is 471 g/mol. The van der Waals surface area contributed by atoms with Gasteiger partial charge in [-0.25, -0.2) is 0 Å². The van der Waals surface area contributed by atoms with E-state index in [4.69, 9.17) is 32.7 Å². The predicted octanol–water partition coefficient (Wildman–Crippen LogP) is 5.89. The van der Waals surface area contributed by atoms with Crippen LogP contribution in [0.5, 0.6) is 11.5 Å². The number of fused-ring (bicyclic) bond motifs is 1. The summed E-state index contributed by atoms with van der Waals surface area (Å²) in [5.74, 6) is 1.82. The van der Waals surface area contributed by atoms with Crippen LogP contribution in [0.3, 0.4) is 0 Å². The molecule has 2 heterocycles. The van der Waals surface area contributed by atoms with Gasteiger partial charge in [-0.1, -0.05) is 23.2 Å². The van der Waals surface area contributed by atoms with E-state index in [1.165, 1.54) is 7.11 Å². The summed E-state index contributed by atoms with van der Waals surface area (Å²) in [6.45, 7) is 2.91. The second kappa shape index (κ2) is 9.83. The molecule has 0 aliphatic carbocycles. The van der Waals surface area contributed by atoms with Gasteiger partial charge < -0.3 is 19.7 Å². The van der Waals surface area contributed by atoms with Crippen LogP contribution in [0.2, 0.25) is 10.0 Å². The number of nitriles is 1. The Morgan fingerprint density at radius 1 is 1.19 bits per heavy atom. The molecule has 0 radical (unpaired) electrons. The zero-order valence-electron chi connectivity index (χ0n) is 18.0. The highest BCUT2D eigenvalue weighted by Gasteiger charge is 2.18. The molecule has 1 aliphatic rings. The highest BCUT2D eigenvalue weighted by Crippen LogP contribution is 2.38. The number of hydrogen-bond acceptors (Lipinski definition) is 6. The number of nitrogens with zero attached hydrogens (tertiary/aromatic N) is 3. The number of anilines is 2. The number of rotatable bonds is 6. The van der Waals surface area contributed by atoms with Gasteiger partial charge in [-0.15, -0.1) is 0 Å². The lowest BCUT2D eigenvalue weighted by atomic mass is 9.98. The Morgan fingerprint density at radius 2 is 1.97 bits per heavy atom. The molecule has 4 rings (SSSR count). The van der Waals surface area contributed by atoms with Crippen LogP contribution in [0.25, 0.3) is 10.9 Å². The van der Waals surface area contributed by atoms with Crippen molar-refractivity contribution >= 4 is 45.5 Å². The van der Waals surface area contributed by atoms with Gasteiger partial charge in [0.15, 0.2) is 0 Å². The zero-order valence-corrected chi connectivity index (χ0v) is 19.5. The minimum absolute atomic E-state index is 0.405. The number of halogens is 2. The zero-order chi connectivity index (χ0) is 22.7. The van der Waals surface area contributed by atoms with Crippen LogP contribution in [0.15, 0.2) is 36.5 Å². The van der Waals surface area contributed by atoms with Gasteiger partial charge in [-0.2, -0.15) is 5.26 Å². The number of aromatic nitrogens is 1. The number of piperidine rings is 1. The van der Waals surface area contributed by atoms with E-state index in [0.717, 1.165) is 42.6 Å². The van der Waals surface area contributed by atoms with Gasteiger partial charge in [-0.3, -0.25) is 4.98 Å². The predicted molar refractivity (Wildman–Crippen MR) is 128 cm³/mol. The lowest BCUT2D eigenvalue weighted by Gasteiger charge is -2.28. The number of hydrogen-bond donors (Lipinski definition) is 1. The maximum Gasteiger partial charge on any atom is 0.139 e. The molecule has 1 aromatic heterocycles. The molecule has 32 heavy (non-hydrogen) atoms. The van der Waals surface area contributed by atoms with Crippen molar-refractivity contribution in [3.8, 4) is 17.6 Å². The minimum atomic E-state index is 0.405. The lowest BCUT2D eigenvalue weighted by Crippen LogP contribution is -2.32. The van der Waals surface area contributed by atoms with Crippen molar-refractivity contribution in [1.29, 1.82) is 5.26 Å². The van der Waals surface area contributed by atoms with Gasteiger partial charge in [0.25, 0.3) is 0 Å². The quantitative estimate of drug-likeness (QED) is 0.484. The summed E-state index contributed by atoms with van der Waals surface area (Å²) in [6.07, 6.45) is 3.84. The van der Waals surface area contributed by atoms with E-state index in [-0.39, 0.29) is 0 Å². The minimum Gasteiger partial charge on any atom is -0.495 e. The lowest BCUT2D eigenvalue weighted by molar-refractivity contribution is 0.160. The third kappa shape index (κ3) is 4.86. The van der Waals surface area contributed by atoms with Crippen molar-refractivity contribution in [2.75, 3.05) is 39.2 Å². The van der Waals surface area contributed by atoms with E-state index in [0.29, 0.717) is 45.3 Å². The number of nitrogens with one attached hydrogen (secondary N) is 1. The molecule has 0 atom stereocenters. The molecular weight excluding hydrogens is 447 g/mol. The van der Waals surface area contributed by atoms with Crippen molar-refractivity contribution < 1.29 is 9.47 Å². The van der Waals surface area contributed by atoms with E-state index < -0.39 is 0 Å². The number of benzene rings is 2. The molecule has 166 valence electrons. The molecule has 2 aromatic carbocycles. The van der Waals surface area contributed by atoms with E-state index in [1.807, 2.05) is 18.2 Å². The molecule has 6 nitrogen and oxygen atoms in total. The van der Waals surface area contributed by atoms with Gasteiger partial charge in [0.05, 0.1) is 46.2 Å². The maximum atomic E-state index is 9.63. The van der Waals surface area contributed by atoms with Gasteiger partial charge in [-0.05, 0) is 57.1 Å². The largest absolute Gasteiger partial charge is 0.495 e. The Labute approximate surface area is 197 Å². The Hall–Kier alpha value is -2.72. The van der Waals surface area contributed by atoms with E-state index in [1.54, 1.807) is 18.3 Å². The van der Waals surface area contributed by atoms with Crippen molar-refractivity contribution in [3.05, 3.63) is 52.1 Å². The fourth-order valence-electron chi connectivity index (χ4n) is 3.84. The van der Waals surface area contributed by atoms with E-state index >= 15 is 0 Å². The van der Waals surface area contributed by atoms with Gasteiger partial charge in [0.1, 0.15) is 17.6 Å². The summed E-state index contributed by atoms with van der Waals surface area (Å²) in [5.41, 5.74) is 2.33. The van der Waals surface area contributed by atoms with Crippen molar-refractivity contribution in [3.63, 3.8) is 0 Å². The third-order valence-corrected chi connectivity index (χ3v) is 6.39. The topological polar surface area (TPSA) is 70.4 Å².